The smallest absolute Gasteiger partial charge is 0.471 e. The lowest BCUT2D eigenvalue weighted by Gasteiger charge is -2.30. The molecule has 0 fully saturated rings. The first-order valence-corrected chi connectivity index (χ1v) is 11.5. The molecule has 1 amide bonds. The third-order valence-corrected chi connectivity index (χ3v) is 6.07. The summed E-state index contributed by atoms with van der Waals surface area (Å²) in [7, 11) is 1.61. The van der Waals surface area contributed by atoms with Crippen molar-refractivity contribution in [1.29, 1.82) is 0 Å². The zero-order chi connectivity index (χ0) is 27.8. The number of aryl methyl sites for hydroxylation is 1. The van der Waals surface area contributed by atoms with Crippen LogP contribution in [-0.2, 0) is 11.8 Å². The molecule has 4 aromatic rings. The van der Waals surface area contributed by atoms with Crippen LogP contribution in [0.25, 0.3) is 16.6 Å². The van der Waals surface area contributed by atoms with E-state index in [9.17, 15) is 27.2 Å². The zero-order valence-electron chi connectivity index (χ0n) is 20.1. The molecule has 38 heavy (non-hydrogen) atoms. The number of carbonyl (C=O) groups excluding carboxylic acids is 1. The molecular formula is C26H21ClF4N4O3. The lowest BCUT2D eigenvalue weighted by molar-refractivity contribution is -0.174. The molecule has 0 aliphatic carbocycles. The lowest BCUT2D eigenvalue weighted by Crippen LogP contribution is -2.47. The number of hydrogen-bond donors (Lipinski definition) is 1. The molecule has 12 heteroatoms. The van der Waals surface area contributed by atoms with Gasteiger partial charge in [0.15, 0.2) is 0 Å². The molecule has 0 aliphatic heterocycles. The van der Waals surface area contributed by atoms with Crippen molar-refractivity contribution in [1.82, 2.24) is 19.7 Å². The normalized spacial score (nSPS) is 13.2. The Kier molecular flexibility index (Phi) is 7.32. The van der Waals surface area contributed by atoms with Gasteiger partial charge in [0.05, 0.1) is 28.5 Å². The molecule has 0 radical (unpaired) electrons. The summed E-state index contributed by atoms with van der Waals surface area (Å²) < 4.78 is 62.5. The summed E-state index contributed by atoms with van der Waals surface area (Å²) in [6.45, 7) is 5.12. The van der Waals surface area contributed by atoms with Gasteiger partial charge in [-0.25, -0.2) is 9.07 Å². The molecule has 4 rings (SSSR count). The fraction of sp³-hybridized carbons (Fsp3) is 0.192. The number of pyridine rings is 1. The summed E-state index contributed by atoms with van der Waals surface area (Å²) in [5.74, 6) is -2.79. The number of aromatic nitrogens is 3. The first kappa shape index (κ1) is 26.9. The van der Waals surface area contributed by atoms with Crippen LogP contribution in [0, 0.1) is 5.82 Å². The van der Waals surface area contributed by atoms with Gasteiger partial charge in [-0.15, -0.1) is 0 Å². The van der Waals surface area contributed by atoms with Crippen molar-refractivity contribution >= 4 is 28.4 Å². The monoisotopic (exact) mass is 548 g/mol. The molecule has 0 saturated carbocycles. The minimum Gasteiger partial charge on any atom is -0.483 e. The maximum Gasteiger partial charge on any atom is 0.471 e. The number of halogens is 5. The van der Waals surface area contributed by atoms with E-state index in [4.69, 9.17) is 16.3 Å². The maximum atomic E-state index is 14.3. The highest BCUT2D eigenvalue weighted by molar-refractivity contribution is 6.30. The van der Waals surface area contributed by atoms with Gasteiger partial charge in [0.25, 0.3) is 0 Å². The molecule has 198 valence electrons. The molecule has 0 saturated heterocycles. The van der Waals surface area contributed by atoms with Crippen molar-refractivity contribution in [3.8, 4) is 11.4 Å². The van der Waals surface area contributed by atoms with Gasteiger partial charge in [0.1, 0.15) is 17.7 Å². The van der Waals surface area contributed by atoms with E-state index in [0.29, 0.717) is 16.6 Å². The van der Waals surface area contributed by atoms with Gasteiger partial charge >= 0.3 is 12.1 Å². The van der Waals surface area contributed by atoms with Crippen LogP contribution in [0.4, 0.5) is 17.6 Å². The van der Waals surface area contributed by atoms with Crippen LogP contribution in [0.15, 0.2) is 77.9 Å². The highest BCUT2D eigenvalue weighted by Crippen LogP contribution is 2.32. The molecule has 2 heterocycles. The summed E-state index contributed by atoms with van der Waals surface area (Å²) in [6.07, 6.45) is -3.28. The molecular weight excluding hydrogens is 528 g/mol. The third-order valence-electron chi connectivity index (χ3n) is 5.77. The van der Waals surface area contributed by atoms with E-state index in [-0.39, 0.29) is 27.5 Å². The van der Waals surface area contributed by atoms with Crippen LogP contribution in [0.1, 0.15) is 18.6 Å². The van der Waals surface area contributed by atoms with Crippen LogP contribution in [0.3, 0.4) is 0 Å². The van der Waals surface area contributed by atoms with Crippen molar-refractivity contribution in [2.24, 2.45) is 7.05 Å². The highest BCUT2D eigenvalue weighted by Gasteiger charge is 2.41. The first-order chi connectivity index (χ1) is 17.8. The number of fused-ring (bicyclic) bond motifs is 1. The SMILES string of the molecule is C=C(C)[C@H](NC(=O)C(F)(F)F)[C@H](Oc1ccc2c(cnn2-c2ccc(=O)n(C)c2)c1)c1ccc(Cl)c(F)c1. The van der Waals surface area contributed by atoms with Gasteiger partial charge < -0.3 is 14.6 Å². The first-order valence-electron chi connectivity index (χ1n) is 11.1. The quantitative estimate of drug-likeness (QED) is 0.252. The second kappa shape index (κ2) is 10.3. The fourth-order valence-corrected chi connectivity index (χ4v) is 3.96. The molecule has 2 aromatic carbocycles. The van der Waals surface area contributed by atoms with Gasteiger partial charge in [-0.2, -0.15) is 18.3 Å². The Hall–Kier alpha value is -4.12. The van der Waals surface area contributed by atoms with Crippen molar-refractivity contribution in [3.63, 3.8) is 0 Å². The Morgan fingerprint density at radius 2 is 1.89 bits per heavy atom. The summed E-state index contributed by atoms with van der Waals surface area (Å²) in [6, 6.07) is 10.1. The molecule has 1 N–H and O–H groups in total. The molecule has 0 spiro atoms. The number of carbonyl (C=O) groups is 1. The number of benzene rings is 2. The summed E-state index contributed by atoms with van der Waals surface area (Å²) in [4.78, 5) is 23.5. The number of alkyl halides is 3. The van der Waals surface area contributed by atoms with Gasteiger partial charge in [-0.1, -0.05) is 29.8 Å². The average Bonchev–Trinajstić information content (AvgIpc) is 3.27. The van der Waals surface area contributed by atoms with Gasteiger partial charge in [-0.05, 0) is 48.9 Å². The summed E-state index contributed by atoms with van der Waals surface area (Å²) in [5, 5.41) is 6.67. The predicted octanol–water partition coefficient (Wildman–Crippen LogP) is 5.26. The van der Waals surface area contributed by atoms with Crippen LogP contribution in [-0.4, -0.2) is 32.5 Å². The second-order valence-electron chi connectivity index (χ2n) is 8.62. The van der Waals surface area contributed by atoms with Gasteiger partial charge in [0.2, 0.25) is 5.56 Å². The van der Waals surface area contributed by atoms with E-state index in [0.717, 1.165) is 6.07 Å². The van der Waals surface area contributed by atoms with Crippen LogP contribution >= 0.6 is 11.6 Å². The Balaban J connectivity index is 1.74. The van der Waals surface area contributed by atoms with E-state index in [1.807, 2.05) is 5.32 Å². The predicted molar refractivity (Wildman–Crippen MR) is 134 cm³/mol. The van der Waals surface area contributed by atoms with Crippen molar-refractivity contribution in [2.45, 2.75) is 25.2 Å². The molecule has 0 bridgehead atoms. The average molecular weight is 549 g/mol. The Morgan fingerprint density at radius 1 is 1.16 bits per heavy atom. The zero-order valence-corrected chi connectivity index (χ0v) is 20.8. The molecule has 0 unspecified atom stereocenters. The number of ether oxygens (including phenoxy) is 1. The van der Waals surface area contributed by atoms with E-state index in [1.165, 1.54) is 29.7 Å². The minimum atomic E-state index is -5.15. The number of rotatable bonds is 7. The number of amides is 1. The standard InChI is InChI=1S/C26H21ClF4N4O3/c1-14(2)23(33-25(37)26(29,30)31)24(15-4-7-19(27)20(28)11-15)38-18-6-8-21-16(10-18)12-32-35(21)17-5-9-22(36)34(3)13-17/h4-13,23-24H,1H2,2-3H3,(H,33,37)/t23-,24+/m0/s1. The molecule has 7 nitrogen and oxygen atoms in total. The van der Waals surface area contributed by atoms with E-state index in [2.05, 4.69) is 11.7 Å². The number of nitrogens with zero attached hydrogens (tertiary/aromatic N) is 3. The summed E-state index contributed by atoms with van der Waals surface area (Å²) >= 11 is 5.79. The third kappa shape index (κ3) is 5.57. The minimum absolute atomic E-state index is 0.128. The largest absolute Gasteiger partial charge is 0.483 e. The summed E-state index contributed by atoms with van der Waals surface area (Å²) in [5.41, 5.74) is 1.37. The Bertz CT molecular complexity index is 1600. The van der Waals surface area contributed by atoms with E-state index in [1.54, 1.807) is 48.4 Å². The van der Waals surface area contributed by atoms with Crippen LogP contribution in [0.2, 0.25) is 5.02 Å². The molecule has 0 aliphatic rings. The van der Waals surface area contributed by atoms with Crippen molar-refractivity contribution < 1.29 is 27.1 Å². The molecule has 2 atom stereocenters. The van der Waals surface area contributed by atoms with Crippen molar-refractivity contribution in [2.75, 3.05) is 0 Å². The number of nitrogens with one attached hydrogen (secondary N) is 1. The van der Waals surface area contributed by atoms with Gasteiger partial charge in [0, 0.05) is 24.7 Å². The lowest BCUT2D eigenvalue weighted by atomic mass is 9.96. The molecule has 2 aromatic heterocycles. The highest BCUT2D eigenvalue weighted by atomic mass is 35.5. The Morgan fingerprint density at radius 3 is 2.53 bits per heavy atom. The Labute approximate surface area is 218 Å². The van der Waals surface area contributed by atoms with E-state index < -0.39 is 30.0 Å². The van der Waals surface area contributed by atoms with E-state index >= 15 is 0 Å². The second-order valence-corrected chi connectivity index (χ2v) is 9.03. The fourth-order valence-electron chi connectivity index (χ4n) is 3.84. The number of hydrogen-bond acceptors (Lipinski definition) is 4. The topological polar surface area (TPSA) is 78.2 Å². The van der Waals surface area contributed by atoms with Crippen LogP contribution < -0.4 is 15.6 Å². The van der Waals surface area contributed by atoms with Crippen LogP contribution in [0.5, 0.6) is 5.75 Å². The van der Waals surface area contributed by atoms with Gasteiger partial charge in [-0.3, -0.25) is 9.59 Å². The van der Waals surface area contributed by atoms with Crippen molar-refractivity contribution in [3.05, 3.63) is 99.8 Å². The maximum absolute atomic E-state index is 14.3.